The highest BCUT2D eigenvalue weighted by Crippen LogP contribution is 2.38. The Morgan fingerprint density at radius 3 is 2.15 bits per heavy atom. The molecule has 0 aromatic heterocycles. The molecule has 4 nitrogen and oxygen atoms in total. The van der Waals surface area contributed by atoms with Gasteiger partial charge in [0, 0.05) is 17.2 Å². The molecule has 104 valence electrons. The summed E-state index contributed by atoms with van der Waals surface area (Å²) in [6.07, 6.45) is 2.54. The van der Waals surface area contributed by atoms with Crippen molar-refractivity contribution in [2.24, 2.45) is 0 Å². The number of methoxy groups -OCH3 is 2. The van der Waals surface area contributed by atoms with Gasteiger partial charge in [0.1, 0.15) is 11.5 Å². The van der Waals surface area contributed by atoms with Crippen molar-refractivity contribution in [1.82, 2.24) is 0 Å². The number of carbonyl (C=O) groups is 2. The van der Waals surface area contributed by atoms with Crippen molar-refractivity contribution < 1.29 is 19.1 Å². The van der Waals surface area contributed by atoms with Crippen LogP contribution < -0.4 is 9.47 Å². The number of hydrogen-bond acceptors (Lipinski definition) is 4. The van der Waals surface area contributed by atoms with Crippen LogP contribution in [0.4, 0.5) is 0 Å². The van der Waals surface area contributed by atoms with Crippen LogP contribution >= 0.6 is 31.9 Å². The number of hydrogen-bond donors (Lipinski definition) is 0. The molecule has 1 aromatic carbocycles. The zero-order valence-corrected chi connectivity index (χ0v) is 13.9. The number of benzene rings is 1. The molecule has 6 heteroatoms. The second-order valence-corrected chi connectivity index (χ2v) is 5.67. The molecule has 0 bridgehead atoms. The third-order valence-electron chi connectivity index (χ3n) is 2.80. The van der Waals surface area contributed by atoms with Crippen LogP contribution in [0.15, 0.2) is 33.2 Å². The molecule has 1 aromatic rings. The highest BCUT2D eigenvalue weighted by molar-refractivity contribution is 9.12. The monoisotopic (exact) mass is 400 g/mol. The first kappa shape index (κ1) is 15.0. The van der Waals surface area contributed by atoms with Crippen LogP contribution in [0, 0.1) is 0 Å². The van der Waals surface area contributed by atoms with E-state index in [1.165, 1.54) is 26.4 Å². The van der Waals surface area contributed by atoms with Gasteiger partial charge in [0.2, 0.25) is 0 Å². The number of ether oxygens (including phenoxy) is 2. The van der Waals surface area contributed by atoms with Crippen LogP contribution in [-0.2, 0) is 9.59 Å². The van der Waals surface area contributed by atoms with E-state index in [9.17, 15) is 9.59 Å². The normalized spacial score (nSPS) is 14.8. The number of carbonyl (C=O) groups excluding carboxylic acids is 2. The molecule has 0 unspecified atom stereocenters. The molecular weight excluding hydrogens is 392 g/mol. The van der Waals surface area contributed by atoms with Gasteiger partial charge in [0.05, 0.1) is 23.2 Å². The summed E-state index contributed by atoms with van der Waals surface area (Å²) in [5, 5.41) is 0. The molecule has 0 aliphatic heterocycles. The average molecular weight is 402 g/mol. The van der Waals surface area contributed by atoms with Gasteiger partial charge in [0.25, 0.3) is 0 Å². The first-order valence-corrected chi connectivity index (χ1v) is 7.16. The molecule has 0 N–H and O–H groups in total. The molecule has 20 heavy (non-hydrogen) atoms. The summed E-state index contributed by atoms with van der Waals surface area (Å²) >= 11 is 6.40. The molecule has 0 saturated heterocycles. The first-order chi connectivity index (χ1) is 9.47. The third-order valence-corrected chi connectivity index (χ3v) is 4.04. The fraction of sp³-hybridized carbons (Fsp3) is 0.143. The molecule has 0 spiro atoms. The van der Waals surface area contributed by atoms with Crippen molar-refractivity contribution in [1.29, 1.82) is 0 Å². The van der Waals surface area contributed by atoms with Gasteiger partial charge in [-0.2, -0.15) is 0 Å². The molecule has 0 atom stereocenters. The summed E-state index contributed by atoms with van der Waals surface area (Å²) in [6, 6.07) is 3.35. The molecular formula is C14H10Br2O4. The summed E-state index contributed by atoms with van der Waals surface area (Å²) in [4.78, 5) is 23.8. The highest BCUT2D eigenvalue weighted by Gasteiger charge is 2.23. The predicted octanol–water partition coefficient (Wildman–Crippen LogP) is 3.28. The Labute approximate surface area is 132 Å². The average Bonchev–Trinajstić information content (AvgIpc) is 2.42. The van der Waals surface area contributed by atoms with E-state index in [4.69, 9.17) is 9.47 Å². The highest BCUT2D eigenvalue weighted by atomic mass is 79.9. The third kappa shape index (κ3) is 2.71. The van der Waals surface area contributed by atoms with E-state index < -0.39 is 0 Å². The van der Waals surface area contributed by atoms with Crippen LogP contribution in [0.3, 0.4) is 0 Å². The Bertz CT molecular complexity index is 659. The molecule has 0 radical (unpaired) electrons. The second kappa shape index (κ2) is 5.93. The van der Waals surface area contributed by atoms with E-state index >= 15 is 0 Å². The fourth-order valence-electron chi connectivity index (χ4n) is 1.82. The zero-order valence-electron chi connectivity index (χ0n) is 10.7. The van der Waals surface area contributed by atoms with E-state index in [0.717, 1.165) is 0 Å². The second-order valence-electron chi connectivity index (χ2n) is 3.97. The predicted molar refractivity (Wildman–Crippen MR) is 82.2 cm³/mol. The number of allylic oxidation sites excluding steroid dienone is 4. The van der Waals surface area contributed by atoms with Gasteiger partial charge in [0.15, 0.2) is 11.6 Å². The lowest BCUT2D eigenvalue weighted by atomic mass is 9.95. The quantitative estimate of drug-likeness (QED) is 0.729. The largest absolute Gasteiger partial charge is 0.496 e. The van der Waals surface area contributed by atoms with E-state index in [1.54, 1.807) is 12.1 Å². The Kier molecular flexibility index (Phi) is 4.45. The minimum absolute atomic E-state index is 0.245. The lowest BCUT2D eigenvalue weighted by Crippen LogP contribution is -2.10. The minimum atomic E-state index is -0.265. The van der Waals surface area contributed by atoms with Crippen LogP contribution in [-0.4, -0.2) is 25.8 Å². The summed E-state index contributed by atoms with van der Waals surface area (Å²) in [7, 11) is 3.02. The van der Waals surface area contributed by atoms with Gasteiger partial charge in [-0.15, -0.1) is 0 Å². The van der Waals surface area contributed by atoms with E-state index in [0.29, 0.717) is 21.5 Å². The smallest absolute Gasteiger partial charge is 0.193 e. The molecule has 0 fully saturated rings. The maximum atomic E-state index is 12.1. The van der Waals surface area contributed by atoms with Gasteiger partial charge >= 0.3 is 0 Å². The van der Waals surface area contributed by atoms with E-state index in [1.807, 2.05) is 0 Å². The van der Waals surface area contributed by atoms with Gasteiger partial charge in [-0.3, -0.25) is 9.59 Å². The van der Waals surface area contributed by atoms with Gasteiger partial charge in [-0.1, -0.05) is 0 Å². The number of halogens is 2. The molecule has 0 saturated carbocycles. The Balaban J connectivity index is 2.60. The standard InChI is InChI=1S/C14H10Br2O4/c1-19-13-6-10(16)14(20-2)4-8(13)7-3-12(18)9(15)5-11(7)17/h3-6H,1-2H3. The summed E-state index contributed by atoms with van der Waals surface area (Å²) in [5.41, 5.74) is 0.794. The minimum Gasteiger partial charge on any atom is -0.496 e. The first-order valence-electron chi connectivity index (χ1n) is 5.57. The Hall–Kier alpha value is -1.40. The molecule has 2 rings (SSSR count). The van der Waals surface area contributed by atoms with Crippen molar-refractivity contribution in [3.8, 4) is 11.5 Å². The van der Waals surface area contributed by atoms with E-state index in [-0.39, 0.29) is 21.6 Å². The van der Waals surface area contributed by atoms with Crippen molar-refractivity contribution >= 4 is 49.0 Å². The maximum absolute atomic E-state index is 12.1. The van der Waals surface area contributed by atoms with Crippen LogP contribution in [0.5, 0.6) is 11.5 Å². The topological polar surface area (TPSA) is 52.6 Å². The van der Waals surface area contributed by atoms with Crippen molar-refractivity contribution in [2.45, 2.75) is 0 Å². The molecule has 0 heterocycles. The van der Waals surface area contributed by atoms with Crippen LogP contribution in [0.25, 0.3) is 5.57 Å². The fourth-order valence-corrected chi connectivity index (χ4v) is 2.62. The SMILES string of the molecule is COc1cc(C2=CC(=O)C(Br)=CC2=O)c(OC)cc1Br. The number of rotatable bonds is 3. The van der Waals surface area contributed by atoms with Gasteiger partial charge < -0.3 is 9.47 Å². The van der Waals surface area contributed by atoms with Gasteiger partial charge in [-0.05, 0) is 50.1 Å². The lowest BCUT2D eigenvalue weighted by Gasteiger charge is -2.15. The van der Waals surface area contributed by atoms with Gasteiger partial charge in [-0.25, -0.2) is 0 Å². The van der Waals surface area contributed by atoms with Crippen LogP contribution in [0.1, 0.15) is 5.56 Å². The maximum Gasteiger partial charge on any atom is 0.193 e. The number of ketones is 2. The van der Waals surface area contributed by atoms with E-state index in [2.05, 4.69) is 31.9 Å². The lowest BCUT2D eigenvalue weighted by molar-refractivity contribution is -0.113. The summed E-state index contributed by atoms with van der Waals surface area (Å²) < 4.78 is 11.4. The molecule has 0 amide bonds. The summed E-state index contributed by atoms with van der Waals surface area (Å²) in [5.74, 6) is 0.509. The zero-order chi connectivity index (χ0) is 14.9. The van der Waals surface area contributed by atoms with Crippen molar-refractivity contribution in [3.05, 3.63) is 38.8 Å². The Morgan fingerprint density at radius 1 is 0.900 bits per heavy atom. The van der Waals surface area contributed by atoms with Crippen molar-refractivity contribution in [3.63, 3.8) is 0 Å². The summed E-state index contributed by atoms with van der Waals surface area (Å²) in [6.45, 7) is 0. The van der Waals surface area contributed by atoms with Crippen LogP contribution in [0.2, 0.25) is 0 Å². The Morgan fingerprint density at radius 2 is 1.55 bits per heavy atom. The molecule has 1 aliphatic carbocycles. The van der Waals surface area contributed by atoms with Crippen molar-refractivity contribution in [2.75, 3.05) is 14.2 Å². The molecule has 1 aliphatic rings.